The Kier molecular flexibility index (Phi) is 5.78. The van der Waals surface area contributed by atoms with Crippen LogP contribution in [0.2, 0.25) is 0 Å². The van der Waals surface area contributed by atoms with Crippen molar-refractivity contribution in [1.29, 1.82) is 0 Å². The number of oxazole rings is 2. The van der Waals surface area contributed by atoms with E-state index in [4.69, 9.17) is 8.83 Å². The van der Waals surface area contributed by atoms with E-state index in [0.29, 0.717) is 11.8 Å². The number of hydrogen-bond acceptors (Lipinski definition) is 4. The van der Waals surface area contributed by atoms with Crippen molar-refractivity contribution in [1.82, 2.24) is 9.97 Å². The molecule has 0 unspecified atom stereocenters. The van der Waals surface area contributed by atoms with Crippen LogP contribution >= 0.6 is 0 Å². The molecule has 0 fully saturated rings. The molecule has 0 saturated heterocycles. The number of nitrogens with zero attached hydrogens (tertiary/aromatic N) is 2. The second-order valence-corrected chi connectivity index (χ2v) is 5.54. The second-order valence-electron chi connectivity index (χ2n) is 5.54. The van der Waals surface area contributed by atoms with Gasteiger partial charge in [-0.3, -0.25) is 0 Å². The van der Waals surface area contributed by atoms with Crippen molar-refractivity contribution in [2.45, 2.75) is 13.8 Å². The lowest BCUT2D eigenvalue weighted by Gasteiger charge is -1.92. The first kappa shape index (κ1) is 17.4. The fraction of sp³-hybridized carbons (Fsp3) is 0.0909. The third kappa shape index (κ3) is 4.57. The maximum atomic E-state index is 5.51. The van der Waals surface area contributed by atoms with Gasteiger partial charge in [0, 0.05) is 18.1 Å². The summed E-state index contributed by atoms with van der Waals surface area (Å²) in [6.45, 7) is 3.78. The quantitative estimate of drug-likeness (QED) is 0.456. The van der Waals surface area contributed by atoms with Crippen LogP contribution in [-0.4, -0.2) is 9.97 Å². The van der Waals surface area contributed by atoms with Crippen molar-refractivity contribution in [2.24, 2.45) is 0 Å². The molecule has 0 radical (unpaired) electrons. The Morgan fingerprint density at radius 3 is 1.77 bits per heavy atom. The van der Waals surface area contributed by atoms with Gasteiger partial charge in [0.15, 0.2) is 17.4 Å². The van der Waals surface area contributed by atoms with E-state index < -0.39 is 0 Å². The third-order valence-corrected chi connectivity index (χ3v) is 3.57. The van der Waals surface area contributed by atoms with E-state index in [-0.39, 0.29) is 0 Å². The summed E-state index contributed by atoms with van der Waals surface area (Å²) in [7, 11) is 0. The molecule has 0 aliphatic carbocycles. The largest absolute Gasteiger partial charge is 0.441 e. The summed E-state index contributed by atoms with van der Waals surface area (Å²) in [6.07, 6.45) is 7.22. The molecule has 0 aliphatic heterocycles. The molecule has 0 atom stereocenters. The molecule has 4 heteroatoms. The molecule has 0 N–H and O–H groups in total. The molecule has 4 rings (SSSR count). The predicted molar refractivity (Wildman–Crippen MR) is 103 cm³/mol. The van der Waals surface area contributed by atoms with Gasteiger partial charge in [0.1, 0.15) is 0 Å². The first-order valence-electron chi connectivity index (χ1n) is 8.38. The first-order chi connectivity index (χ1) is 12.8. The number of hydrogen-bond donors (Lipinski definition) is 0. The molecule has 0 amide bonds. The highest BCUT2D eigenvalue weighted by atomic mass is 16.4. The van der Waals surface area contributed by atoms with E-state index in [1.807, 2.05) is 86.7 Å². The summed E-state index contributed by atoms with van der Waals surface area (Å²) < 4.78 is 10.9. The van der Waals surface area contributed by atoms with Gasteiger partial charge in [0.2, 0.25) is 5.89 Å². The molecular weight excluding hydrogens is 324 g/mol. The minimum absolute atomic E-state index is 0.645. The Morgan fingerprint density at radius 2 is 1.27 bits per heavy atom. The van der Waals surface area contributed by atoms with Crippen molar-refractivity contribution in [3.05, 3.63) is 90.9 Å². The van der Waals surface area contributed by atoms with Crippen LogP contribution in [0, 0.1) is 6.92 Å². The lowest BCUT2D eigenvalue weighted by atomic mass is 10.2. The van der Waals surface area contributed by atoms with Gasteiger partial charge >= 0.3 is 0 Å². The molecule has 130 valence electrons. The average molecular weight is 344 g/mol. The van der Waals surface area contributed by atoms with Crippen LogP contribution in [0.15, 0.2) is 88.0 Å². The van der Waals surface area contributed by atoms with E-state index in [1.165, 1.54) is 0 Å². The summed E-state index contributed by atoms with van der Waals surface area (Å²) in [5.41, 5.74) is 2.12. The zero-order chi connectivity index (χ0) is 18.2. The average Bonchev–Trinajstić information content (AvgIpc) is 3.33. The summed E-state index contributed by atoms with van der Waals surface area (Å²) >= 11 is 0. The lowest BCUT2D eigenvalue weighted by molar-refractivity contribution is 0.534. The maximum Gasteiger partial charge on any atom is 0.219 e. The molecule has 0 saturated carbocycles. The molecule has 2 heterocycles. The summed E-state index contributed by atoms with van der Waals surface area (Å²) in [5.74, 6) is 2.98. The van der Waals surface area contributed by atoms with E-state index >= 15 is 0 Å². The SMILES string of the molecule is C/C=C/c1ncc(-c2ccccc2)o1.Cc1ncc(-c2ccccc2)o1. The van der Waals surface area contributed by atoms with Crippen LogP contribution in [0.25, 0.3) is 28.7 Å². The molecule has 2 aromatic carbocycles. The van der Waals surface area contributed by atoms with Crippen molar-refractivity contribution in [2.75, 3.05) is 0 Å². The zero-order valence-electron chi connectivity index (χ0n) is 14.8. The van der Waals surface area contributed by atoms with Crippen LogP contribution in [0.1, 0.15) is 18.7 Å². The summed E-state index contributed by atoms with van der Waals surface area (Å²) in [5, 5.41) is 0. The Morgan fingerprint density at radius 1 is 0.731 bits per heavy atom. The van der Waals surface area contributed by atoms with Gasteiger partial charge < -0.3 is 8.83 Å². The molecule has 4 nitrogen and oxygen atoms in total. The minimum Gasteiger partial charge on any atom is -0.441 e. The molecular formula is C22H20N2O2. The Hall–Kier alpha value is -3.40. The van der Waals surface area contributed by atoms with Crippen LogP contribution in [0.5, 0.6) is 0 Å². The van der Waals surface area contributed by atoms with Gasteiger partial charge in [0.05, 0.1) is 12.4 Å². The number of allylic oxidation sites excluding steroid dienone is 1. The van der Waals surface area contributed by atoms with Gasteiger partial charge in [-0.1, -0.05) is 66.7 Å². The summed E-state index contributed by atoms with van der Waals surface area (Å²) in [6, 6.07) is 19.9. The highest BCUT2D eigenvalue weighted by Gasteiger charge is 2.02. The van der Waals surface area contributed by atoms with E-state index in [0.717, 1.165) is 22.6 Å². The van der Waals surface area contributed by atoms with Gasteiger partial charge in [-0.25, -0.2) is 9.97 Å². The monoisotopic (exact) mass is 344 g/mol. The molecule has 0 aliphatic rings. The van der Waals surface area contributed by atoms with E-state index in [1.54, 1.807) is 12.4 Å². The molecule has 26 heavy (non-hydrogen) atoms. The number of aromatic nitrogens is 2. The maximum absolute atomic E-state index is 5.51. The van der Waals surface area contributed by atoms with E-state index in [9.17, 15) is 0 Å². The van der Waals surface area contributed by atoms with Gasteiger partial charge in [0.25, 0.3) is 0 Å². The Balaban J connectivity index is 0.000000152. The molecule has 4 aromatic rings. The molecule has 2 aromatic heterocycles. The van der Waals surface area contributed by atoms with Gasteiger partial charge in [-0.2, -0.15) is 0 Å². The molecule has 0 bridgehead atoms. The Labute approximate surface area is 152 Å². The Bertz CT molecular complexity index is 954. The van der Waals surface area contributed by atoms with Gasteiger partial charge in [-0.15, -0.1) is 0 Å². The lowest BCUT2D eigenvalue weighted by Crippen LogP contribution is -1.69. The van der Waals surface area contributed by atoms with Crippen molar-refractivity contribution >= 4 is 6.08 Å². The second kappa shape index (κ2) is 8.62. The normalized spacial score (nSPS) is 10.5. The van der Waals surface area contributed by atoms with Crippen molar-refractivity contribution in [3.63, 3.8) is 0 Å². The third-order valence-electron chi connectivity index (χ3n) is 3.57. The zero-order valence-corrected chi connectivity index (χ0v) is 14.8. The topological polar surface area (TPSA) is 52.1 Å². The molecule has 0 spiro atoms. The van der Waals surface area contributed by atoms with Crippen molar-refractivity contribution < 1.29 is 8.83 Å². The minimum atomic E-state index is 0.645. The fourth-order valence-corrected chi connectivity index (χ4v) is 2.34. The van der Waals surface area contributed by atoms with Crippen LogP contribution < -0.4 is 0 Å². The standard InChI is InChI=1S/C12H11NO.C10H9NO/c1-2-6-12-13-9-11(14-12)10-7-4-3-5-8-10;1-8-11-7-10(12-8)9-5-3-2-4-6-9/h2-9H,1H3;2-7H,1H3/b6-2+;. The van der Waals surface area contributed by atoms with Crippen LogP contribution in [0.4, 0.5) is 0 Å². The van der Waals surface area contributed by atoms with Gasteiger partial charge in [-0.05, 0) is 13.0 Å². The van der Waals surface area contributed by atoms with Crippen LogP contribution in [0.3, 0.4) is 0 Å². The van der Waals surface area contributed by atoms with Crippen molar-refractivity contribution in [3.8, 4) is 22.6 Å². The highest BCUT2D eigenvalue weighted by molar-refractivity contribution is 5.57. The van der Waals surface area contributed by atoms with E-state index in [2.05, 4.69) is 9.97 Å². The fourth-order valence-electron chi connectivity index (χ4n) is 2.34. The number of benzene rings is 2. The van der Waals surface area contributed by atoms with Crippen LogP contribution in [-0.2, 0) is 0 Å². The first-order valence-corrected chi connectivity index (χ1v) is 8.38. The predicted octanol–water partition coefficient (Wildman–Crippen LogP) is 6.02. The highest BCUT2D eigenvalue weighted by Crippen LogP contribution is 2.20. The number of aryl methyl sites for hydroxylation is 1. The number of rotatable bonds is 3. The smallest absolute Gasteiger partial charge is 0.219 e. The summed E-state index contributed by atoms with van der Waals surface area (Å²) in [4.78, 5) is 8.16.